The van der Waals surface area contributed by atoms with Crippen molar-refractivity contribution in [1.29, 1.82) is 0 Å². The highest BCUT2D eigenvalue weighted by molar-refractivity contribution is 7.86. The number of carbonyl (C=O) groups is 1. The lowest BCUT2D eigenvalue weighted by molar-refractivity contribution is 0.104. The van der Waals surface area contributed by atoms with E-state index < -0.39 is 41.4 Å². The van der Waals surface area contributed by atoms with Crippen LogP contribution in [0.1, 0.15) is 15.9 Å². The van der Waals surface area contributed by atoms with E-state index in [2.05, 4.69) is 10.0 Å². The predicted octanol–water partition coefficient (Wildman–Crippen LogP) is 3.02. The van der Waals surface area contributed by atoms with Crippen molar-refractivity contribution >= 4 is 37.8 Å². The Morgan fingerprint density at radius 1 is 1.00 bits per heavy atom. The highest BCUT2D eigenvalue weighted by Gasteiger charge is 2.23. The van der Waals surface area contributed by atoms with Crippen molar-refractivity contribution < 1.29 is 30.7 Å². The molecule has 0 aliphatic rings. The van der Waals surface area contributed by atoms with E-state index in [-0.39, 0.29) is 0 Å². The monoisotopic (exact) mass is 409 g/mol. The van der Waals surface area contributed by atoms with Gasteiger partial charge in [0.25, 0.3) is 20.2 Å². The van der Waals surface area contributed by atoms with Crippen LogP contribution >= 0.6 is 0 Å². The van der Waals surface area contributed by atoms with Gasteiger partial charge in [0.15, 0.2) is 5.78 Å². The molecule has 0 atom stereocenters. The van der Waals surface area contributed by atoms with E-state index in [1.807, 2.05) is 0 Å². The van der Waals surface area contributed by atoms with Gasteiger partial charge in [-0.25, -0.2) is 0 Å². The maximum atomic E-state index is 12.3. The molecule has 0 radical (unpaired) electrons. The average molecular weight is 409 g/mol. The van der Waals surface area contributed by atoms with E-state index in [0.29, 0.717) is 17.3 Å². The number of hydrogen-bond donors (Lipinski definition) is 2. The van der Waals surface area contributed by atoms with Gasteiger partial charge in [-0.3, -0.25) is 13.9 Å². The average Bonchev–Trinajstić information content (AvgIpc) is 2.59. The lowest BCUT2D eigenvalue weighted by atomic mass is 10.1. The third-order valence-corrected chi connectivity index (χ3v) is 5.02. The van der Waals surface area contributed by atoms with Crippen molar-refractivity contribution in [2.24, 2.45) is 5.11 Å². The molecule has 10 nitrogen and oxygen atoms in total. The number of ketones is 1. The van der Waals surface area contributed by atoms with Gasteiger partial charge >= 0.3 is 0 Å². The van der Waals surface area contributed by atoms with E-state index in [4.69, 9.17) is 10.1 Å². The summed E-state index contributed by atoms with van der Waals surface area (Å²) in [6.07, 6.45) is 2.35. The summed E-state index contributed by atoms with van der Waals surface area (Å²) >= 11 is 0. The molecule has 0 unspecified atom stereocenters. The van der Waals surface area contributed by atoms with E-state index in [0.717, 1.165) is 18.2 Å². The Bertz CT molecular complexity index is 1180. The summed E-state index contributed by atoms with van der Waals surface area (Å²) in [6, 6.07) is 8.25. The van der Waals surface area contributed by atoms with Gasteiger partial charge in [0, 0.05) is 16.2 Å². The molecule has 0 bridgehead atoms. The third-order valence-electron chi connectivity index (χ3n) is 3.27. The van der Waals surface area contributed by atoms with Crippen molar-refractivity contribution in [2.75, 3.05) is 0 Å². The van der Waals surface area contributed by atoms with Crippen LogP contribution in [0.3, 0.4) is 0 Å². The molecule has 2 aromatic carbocycles. The van der Waals surface area contributed by atoms with Crippen LogP contribution in [0.5, 0.6) is 0 Å². The first-order valence-corrected chi connectivity index (χ1v) is 9.87. The van der Waals surface area contributed by atoms with Gasteiger partial charge in [-0.2, -0.15) is 16.8 Å². The molecule has 0 aliphatic heterocycles. The molecule has 0 aliphatic carbocycles. The minimum absolute atomic E-state index is 0.357. The predicted molar refractivity (Wildman–Crippen MR) is 94.7 cm³/mol. The highest BCUT2D eigenvalue weighted by atomic mass is 32.2. The molecule has 140 valence electrons. The maximum Gasteiger partial charge on any atom is 0.295 e. The maximum absolute atomic E-state index is 12.3. The number of nitrogens with zero attached hydrogens (tertiary/aromatic N) is 3. The molecule has 2 rings (SSSR count). The van der Waals surface area contributed by atoms with Crippen molar-refractivity contribution in [3.63, 3.8) is 0 Å². The molecule has 0 fully saturated rings. The molecule has 0 amide bonds. The Kier molecular flexibility index (Phi) is 5.78. The number of benzene rings is 2. The van der Waals surface area contributed by atoms with Gasteiger partial charge < -0.3 is 0 Å². The fourth-order valence-electron chi connectivity index (χ4n) is 2.05. The van der Waals surface area contributed by atoms with Crippen molar-refractivity contribution in [1.82, 2.24) is 0 Å². The Balaban J connectivity index is 2.42. The largest absolute Gasteiger partial charge is 0.295 e. The number of rotatable bonds is 6. The van der Waals surface area contributed by atoms with Crippen molar-refractivity contribution in [3.05, 3.63) is 70.1 Å². The van der Waals surface area contributed by atoms with Crippen LogP contribution in [-0.2, 0) is 20.2 Å². The Morgan fingerprint density at radius 3 is 2.15 bits per heavy atom. The summed E-state index contributed by atoms with van der Waals surface area (Å²) in [4.78, 5) is 13.2. The molecule has 2 N–H and O–H groups in total. The topological polar surface area (TPSA) is 175 Å². The molecule has 0 saturated heterocycles. The van der Waals surface area contributed by atoms with E-state index in [9.17, 15) is 26.2 Å². The standard InChI is InChI=1S/C15H11N3O7S2/c16-18-17-11-4-1-10(2-5-11)3-8-14(19)13-7-6-12(26(20,21)22)9-15(13)27(23,24)25/h1-9H,(H,20,21,22)(H,23,24,25). The minimum atomic E-state index is -4.93. The molecule has 2 aromatic rings. The van der Waals surface area contributed by atoms with E-state index in [1.54, 1.807) is 12.1 Å². The lowest BCUT2D eigenvalue weighted by Gasteiger charge is -2.06. The lowest BCUT2D eigenvalue weighted by Crippen LogP contribution is -2.09. The second-order valence-electron chi connectivity index (χ2n) is 5.09. The van der Waals surface area contributed by atoms with Gasteiger partial charge in [0.2, 0.25) is 0 Å². The van der Waals surface area contributed by atoms with Crippen LogP contribution < -0.4 is 0 Å². The first-order chi connectivity index (χ1) is 12.5. The minimum Gasteiger partial charge on any atom is -0.289 e. The quantitative estimate of drug-likeness (QED) is 0.184. The van der Waals surface area contributed by atoms with Crippen LogP contribution in [0.2, 0.25) is 0 Å². The Labute approximate surface area is 153 Å². The smallest absolute Gasteiger partial charge is 0.289 e. The normalized spacial score (nSPS) is 11.9. The first-order valence-electron chi connectivity index (χ1n) is 6.99. The zero-order valence-corrected chi connectivity index (χ0v) is 14.9. The van der Waals surface area contributed by atoms with Gasteiger partial charge in [-0.15, -0.1) is 0 Å². The number of carbonyl (C=O) groups excluding carboxylic acids is 1. The van der Waals surface area contributed by atoms with Gasteiger partial charge in [0.1, 0.15) is 4.90 Å². The number of azide groups is 1. The summed E-state index contributed by atoms with van der Waals surface area (Å²) in [5.74, 6) is -0.830. The fraction of sp³-hybridized carbons (Fsp3) is 0. The van der Waals surface area contributed by atoms with Gasteiger partial charge in [0.05, 0.1) is 4.90 Å². The molecule has 0 spiro atoms. The molecule has 12 heteroatoms. The molecule has 27 heavy (non-hydrogen) atoms. The molecular weight excluding hydrogens is 398 g/mol. The van der Waals surface area contributed by atoms with Crippen LogP contribution in [-0.4, -0.2) is 31.7 Å². The zero-order valence-electron chi connectivity index (χ0n) is 13.3. The van der Waals surface area contributed by atoms with Crippen LogP contribution in [0.25, 0.3) is 16.5 Å². The van der Waals surface area contributed by atoms with Gasteiger partial charge in [-0.1, -0.05) is 35.5 Å². The van der Waals surface area contributed by atoms with E-state index in [1.165, 1.54) is 18.2 Å². The third kappa shape index (κ3) is 5.23. The molecular formula is C15H11N3O7S2. The van der Waals surface area contributed by atoms with Gasteiger partial charge in [-0.05, 0) is 35.4 Å². The number of hydrogen-bond acceptors (Lipinski definition) is 6. The summed E-state index contributed by atoms with van der Waals surface area (Å²) in [5.41, 5.74) is 8.74. The summed E-state index contributed by atoms with van der Waals surface area (Å²) < 4.78 is 63.4. The first kappa shape index (κ1) is 20.3. The molecule has 0 heterocycles. The summed E-state index contributed by atoms with van der Waals surface area (Å²) in [6.45, 7) is 0. The summed E-state index contributed by atoms with van der Waals surface area (Å²) in [7, 11) is -9.66. The molecule has 0 saturated carbocycles. The number of allylic oxidation sites excluding steroid dienone is 1. The summed E-state index contributed by atoms with van der Waals surface area (Å²) in [5, 5.41) is 3.38. The fourth-order valence-corrected chi connectivity index (χ4v) is 3.35. The second kappa shape index (κ2) is 7.70. The molecule has 0 aromatic heterocycles. The van der Waals surface area contributed by atoms with Crippen LogP contribution in [0, 0.1) is 0 Å². The SMILES string of the molecule is [N-]=[N+]=Nc1ccc(C=CC(=O)c2ccc(S(=O)(=O)O)cc2S(=O)(=O)O)cc1. The van der Waals surface area contributed by atoms with Crippen LogP contribution in [0.15, 0.2) is 63.4 Å². The van der Waals surface area contributed by atoms with Crippen molar-refractivity contribution in [2.45, 2.75) is 9.79 Å². The second-order valence-corrected chi connectivity index (χ2v) is 7.90. The zero-order chi connectivity index (χ0) is 20.2. The van der Waals surface area contributed by atoms with Crippen molar-refractivity contribution in [3.8, 4) is 0 Å². The van der Waals surface area contributed by atoms with Crippen LogP contribution in [0.4, 0.5) is 5.69 Å². The highest BCUT2D eigenvalue weighted by Crippen LogP contribution is 2.22. The van der Waals surface area contributed by atoms with E-state index >= 15 is 0 Å². The Morgan fingerprint density at radius 2 is 1.63 bits per heavy atom. The Hall–Kier alpha value is -3.02.